The van der Waals surface area contributed by atoms with Gasteiger partial charge in [0.15, 0.2) is 0 Å². The average Bonchev–Trinajstić information content (AvgIpc) is 3.48. The summed E-state index contributed by atoms with van der Waals surface area (Å²) >= 11 is 6.04. The number of rotatable bonds is 4. The zero-order valence-corrected chi connectivity index (χ0v) is 20.4. The number of nitrogens with zero attached hydrogens (tertiary/aromatic N) is 2. The number of nitro benzene ring substituents is 1. The fraction of sp³-hybridized carbons (Fsp3) is 0.185. The van der Waals surface area contributed by atoms with Gasteiger partial charge in [-0.25, -0.2) is 4.90 Å². The fourth-order valence-electron chi connectivity index (χ4n) is 5.67. The number of hydrogen-bond acceptors (Lipinski definition) is 8. The zero-order valence-electron chi connectivity index (χ0n) is 19.6. The summed E-state index contributed by atoms with van der Waals surface area (Å²) in [6.07, 6.45) is -1.12. The fourth-order valence-corrected chi connectivity index (χ4v) is 5.80. The summed E-state index contributed by atoms with van der Waals surface area (Å²) in [5.74, 6) is -5.73. The molecule has 6 rings (SSSR count). The minimum atomic E-state index is -2.24. The van der Waals surface area contributed by atoms with Gasteiger partial charge in [-0.15, -0.1) is 0 Å². The number of ether oxygens (including phenoxy) is 2. The van der Waals surface area contributed by atoms with Crippen LogP contribution < -0.4 is 9.64 Å². The molecule has 0 N–H and O–H groups in total. The minimum Gasteiger partial charge on any atom is -0.494 e. The van der Waals surface area contributed by atoms with E-state index < -0.39 is 51.8 Å². The van der Waals surface area contributed by atoms with Crippen molar-refractivity contribution in [2.75, 3.05) is 12.0 Å². The van der Waals surface area contributed by atoms with E-state index in [4.69, 9.17) is 21.1 Å². The molecule has 3 aromatic carbocycles. The van der Waals surface area contributed by atoms with Crippen molar-refractivity contribution in [2.24, 2.45) is 11.8 Å². The number of methoxy groups -OCH3 is 1. The van der Waals surface area contributed by atoms with E-state index in [0.29, 0.717) is 10.6 Å². The molecule has 3 aliphatic rings. The van der Waals surface area contributed by atoms with Gasteiger partial charge in [-0.2, -0.15) is 0 Å². The van der Waals surface area contributed by atoms with Crippen molar-refractivity contribution in [3.05, 3.63) is 98.6 Å². The van der Waals surface area contributed by atoms with Crippen molar-refractivity contribution in [2.45, 2.75) is 11.7 Å². The Hall–Kier alpha value is -4.41. The van der Waals surface area contributed by atoms with Crippen LogP contribution in [0.15, 0.2) is 66.7 Å². The molecule has 1 aliphatic carbocycles. The molecule has 3 aromatic rings. The number of hydrogen-bond donors (Lipinski definition) is 0. The number of non-ortho nitro benzene ring substituents is 1. The van der Waals surface area contributed by atoms with Crippen LogP contribution in [0, 0.1) is 22.0 Å². The molecule has 10 nitrogen and oxygen atoms in total. The Kier molecular flexibility index (Phi) is 5.23. The van der Waals surface area contributed by atoms with Gasteiger partial charge in [-0.1, -0.05) is 48.0 Å². The molecule has 2 amide bonds. The summed E-state index contributed by atoms with van der Waals surface area (Å²) in [6.45, 7) is 0. The Balaban J connectivity index is 1.54. The lowest BCUT2D eigenvalue weighted by atomic mass is 9.77. The van der Waals surface area contributed by atoms with E-state index in [2.05, 4.69) is 0 Å². The van der Waals surface area contributed by atoms with Crippen LogP contribution in [-0.2, 0) is 14.3 Å². The number of carbonyl (C=O) groups is 4. The first-order valence-electron chi connectivity index (χ1n) is 11.5. The summed E-state index contributed by atoms with van der Waals surface area (Å²) in [5.41, 5.74) is -1.91. The van der Waals surface area contributed by atoms with Crippen LogP contribution in [0.5, 0.6) is 5.75 Å². The number of Topliss-reactive ketones (excluding diaryl/α,β-unsaturated/α-hetero) is 2. The molecule has 1 spiro atoms. The van der Waals surface area contributed by atoms with Crippen molar-refractivity contribution < 1.29 is 33.6 Å². The molecule has 190 valence electrons. The van der Waals surface area contributed by atoms with Gasteiger partial charge in [0.25, 0.3) is 5.69 Å². The highest BCUT2D eigenvalue weighted by atomic mass is 35.5. The number of ketones is 2. The predicted octanol–water partition coefficient (Wildman–Crippen LogP) is 3.95. The van der Waals surface area contributed by atoms with Crippen LogP contribution in [0.1, 0.15) is 32.4 Å². The van der Waals surface area contributed by atoms with E-state index in [1.54, 1.807) is 36.4 Å². The molecule has 0 bridgehead atoms. The van der Waals surface area contributed by atoms with E-state index in [0.717, 1.165) is 17.0 Å². The first kappa shape index (κ1) is 24.0. The normalized spacial score (nSPS) is 23.2. The summed E-state index contributed by atoms with van der Waals surface area (Å²) in [6, 6.07) is 16.0. The maximum Gasteiger partial charge on any atom is 0.273 e. The van der Waals surface area contributed by atoms with Crippen LogP contribution in [0.4, 0.5) is 11.4 Å². The van der Waals surface area contributed by atoms with Gasteiger partial charge in [0.1, 0.15) is 5.75 Å². The second kappa shape index (κ2) is 8.30. The molecule has 3 atom stereocenters. The molecule has 0 unspecified atom stereocenters. The molecular weight excluding hydrogens is 516 g/mol. The van der Waals surface area contributed by atoms with Crippen molar-refractivity contribution in [1.82, 2.24) is 0 Å². The maximum absolute atomic E-state index is 14.0. The Labute approximate surface area is 219 Å². The second-order valence-corrected chi connectivity index (χ2v) is 9.59. The Bertz CT molecular complexity index is 1550. The molecule has 38 heavy (non-hydrogen) atoms. The molecule has 2 aliphatic heterocycles. The number of amides is 2. The lowest BCUT2D eigenvalue weighted by Gasteiger charge is -2.27. The predicted molar refractivity (Wildman–Crippen MR) is 132 cm³/mol. The number of nitro groups is 1. The SMILES string of the molecule is COc1cc([N+](=O)[O-])ccc1N1C(=O)[C@H]2[C@@H](c3ccc(Cl)cc3)OC3(C(=O)c4ccccc4C3=O)[C@@H]2C1=O. The third-order valence-corrected chi connectivity index (χ3v) is 7.58. The Morgan fingerprint density at radius 3 is 2.16 bits per heavy atom. The van der Waals surface area contributed by atoms with E-state index in [1.807, 2.05) is 0 Å². The lowest BCUT2D eigenvalue weighted by Crippen LogP contribution is -2.51. The molecule has 0 aromatic heterocycles. The van der Waals surface area contributed by atoms with Gasteiger partial charge in [-0.05, 0) is 23.8 Å². The third kappa shape index (κ3) is 3.04. The number of benzene rings is 3. The van der Waals surface area contributed by atoms with Crippen LogP contribution in [-0.4, -0.2) is 41.0 Å². The number of carbonyl (C=O) groups excluding carboxylic acids is 4. The van der Waals surface area contributed by atoms with Crippen LogP contribution in [0.25, 0.3) is 0 Å². The molecule has 2 saturated heterocycles. The second-order valence-electron chi connectivity index (χ2n) is 9.16. The van der Waals surface area contributed by atoms with Crippen molar-refractivity contribution in [3.8, 4) is 5.75 Å². The average molecular weight is 533 g/mol. The molecular formula is C27H17ClN2O8. The van der Waals surface area contributed by atoms with Crippen molar-refractivity contribution in [3.63, 3.8) is 0 Å². The third-order valence-electron chi connectivity index (χ3n) is 7.33. The Morgan fingerprint density at radius 1 is 0.947 bits per heavy atom. The number of fused-ring (bicyclic) bond motifs is 3. The number of halogens is 1. The van der Waals surface area contributed by atoms with E-state index in [-0.39, 0.29) is 28.3 Å². The summed E-state index contributed by atoms with van der Waals surface area (Å²) in [4.78, 5) is 67.0. The largest absolute Gasteiger partial charge is 0.494 e. The van der Waals surface area contributed by atoms with Gasteiger partial charge < -0.3 is 9.47 Å². The van der Waals surface area contributed by atoms with Crippen molar-refractivity contribution >= 4 is 46.4 Å². The summed E-state index contributed by atoms with van der Waals surface area (Å²) < 4.78 is 11.5. The first-order chi connectivity index (χ1) is 18.2. The summed E-state index contributed by atoms with van der Waals surface area (Å²) in [7, 11) is 1.25. The standard InChI is InChI=1S/C27H17ClN2O8/c1-37-19-12-15(30(35)36)10-11-18(19)29-25(33)20-21(26(29)34)27(38-22(20)13-6-8-14(28)9-7-13)23(31)16-4-2-3-5-17(16)24(27)32/h2-12,20-22H,1H3/t20-,21+,22-/m1/s1. The smallest absolute Gasteiger partial charge is 0.273 e. The first-order valence-corrected chi connectivity index (χ1v) is 11.9. The van der Waals surface area contributed by atoms with E-state index in [1.165, 1.54) is 25.3 Å². The molecule has 2 heterocycles. The highest BCUT2D eigenvalue weighted by molar-refractivity contribution is 6.37. The van der Waals surface area contributed by atoms with Gasteiger partial charge in [0, 0.05) is 22.2 Å². The van der Waals surface area contributed by atoms with Gasteiger partial charge in [0.2, 0.25) is 29.0 Å². The molecule has 11 heteroatoms. The minimum absolute atomic E-state index is 0.0390. The topological polar surface area (TPSA) is 133 Å². The molecule has 2 fully saturated rings. The quantitative estimate of drug-likeness (QED) is 0.213. The lowest BCUT2D eigenvalue weighted by molar-refractivity contribution is -0.384. The highest BCUT2D eigenvalue weighted by Gasteiger charge is 2.74. The number of anilines is 1. The van der Waals surface area contributed by atoms with Crippen LogP contribution >= 0.6 is 11.6 Å². The maximum atomic E-state index is 14.0. The number of imide groups is 1. The van der Waals surface area contributed by atoms with Gasteiger partial charge >= 0.3 is 0 Å². The van der Waals surface area contributed by atoms with Gasteiger partial charge in [-0.3, -0.25) is 29.3 Å². The van der Waals surface area contributed by atoms with Crippen LogP contribution in [0.3, 0.4) is 0 Å². The zero-order chi connectivity index (χ0) is 26.9. The highest BCUT2D eigenvalue weighted by Crippen LogP contribution is 2.58. The van der Waals surface area contributed by atoms with Crippen molar-refractivity contribution in [1.29, 1.82) is 0 Å². The summed E-state index contributed by atoms with van der Waals surface area (Å²) in [5, 5.41) is 11.7. The van der Waals surface area contributed by atoms with E-state index >= 15 is 0 Å². The Morgan fingerprint density at radius 2 is 1.58 bits per heavy atom. The monoisotopic (exact) mass is 532 g/mol. The van der Waals surface area contributed by atoms with Crippen LogP contribution in [0.2, 0.25) is 5.02 Å². The van der Waals surface area contributed by atoms with Gasteiger partial charge in [0.05, 0.1) is 41.7 Å². The molecule has 0 radical (unpaired) electrons. The van der Waals surface area contributed by atoms with E-state index in [9.17, 15) is 29.3 Å². The molecule has 0 saturated carbocycles.